The van der Waals surface area contributed by atoms with Gasteiger partial charge in [-0.1, -0.05) is 0 Å². The SMILES string of the molecule is CCCCP(I)(CCO)(CCCC)CCCC. The van der Waals surface area contributed by atoms with Gasteiger partial charge in [0.15, 0.2) is 0 Å². The van der Waals surface area contributed by atoms with Crippen molar-refractivity contribution in [1.82, 2.24) is 0 Å². The van der Waals surface area contributed by atoms with E-state index in [2.05, 4.69) is 42.8 Å². The number of halogens is 1. The summed E-state index contributed by atoms with van der Waals surface area (Å²) in [6.45, 7) is 7.26. The van der Waals surface area contributed by atoms with Gasteiger partial charge in [-0.3, -0.25) is 0 Å². The zero-order valence-electron chi connectivity index (χ0n) is 12.1. The van der Waals surface area contributed by atoms with Crippen molar-refractivity contribution >= 4 is 26.3 Å². The second-order valence-electron chi connectivity index (χ2n) is 5.50. The molecular weight excluding hydrogens is 342 g/mol. The van der Waals surface area contributed by atoms with Gasteiger partial charge in [-0.05, 0) is 0 Å². The van der Waals surface area contributed by atoms with Gasteiger partial charge in [0, 0.05) is 0 Å². The van der Waals surface area contributed by atoms with Gasteiger partial charge >= 0.3 is 122 Å². The van der Waals surface area contributed by atoms with Gasteiger partial charge in [-0.2, -0.15) is 0 Å². The molecule has 3 heteroatoms. The Bertz CT molecular complexity index is 172. The van der Waals surface area contributed by atoms with E-state index in [4.69, 9.17) is 0 Å². The topological polar surface area (TPSA) is 20.2 Å². The molecule has 1 nitrogen and oxygen atoms in total. The van der Waals surface area contributed by atoms with E-state index in [1.807, 2.05) is 0 Å². The van der Waals surface area contributed by atoms with E-state index in [-0.39, 0.29) is 0 Å². The first-order valence-electron chi connectivity index (χ1n) is 7.37. The van der Waals surface area contributed by atoms with Crippen LogP contribution in [0.5, 0.6) is 0 Å². The van der Waals surface area contributed by atoms with Gasteiger partial charge in [0.05, 0.1) is 0 Å². The minimum atomic E-state index is -1.62. The molecule has 0 heterocycles. The summed E-state index contributed by atoms with van der Waals surface area (Å²) in [6.07, 6.45) is 13.3. The normalized spacial score (nSPS) is 14.5. The third kappa shape index (κ3) is 6.73. The van der Waals surface area contributed by atoms with Gasteiger partial charge in [-0.25, -0.2) is 0 Å². The second-order valence-corrected chi connectivity index (χ2v) is 19.1. The van der Waals surface area contributed by atoms with Gasteiger partial charge in [0.25, 0.3) is 0 Å². The van der Waals surface area contributed by atoms with Crippen molar-refractivity contribution in [3.05, 3.63) is 0 Å². The standard InChI is InChI=1S/C14H32IOP/c1-4-7-11-17(15,14-10-16,12-8-5-2)13-9-6-3/h16H,4-14H2,1-3H3. The van der Waals surface area contributed by atoms with E-state index in [0.717, 1.165) is 6.16 Å². The summed E-state index contributed by atoms with van der Waals surface area (Å²) in [4.78, 5) is 0. The molecule has 0 saturated heterocycles. The Morgan fingerprint density at radius 3 is 1.35 bits per heavy atom. The molecule has 17 heavy (non-hydrogen) atoms. The fourth-order valence-electron chi connectivity index (χ4n) is 2.58. The quantitative estimate of drug-likeness (QED) is 0.385. The van der Waals surface area contributed by atoms with Crippen LogP contribution in [-0.4, -0.2) is 36.4 Å². The Morgan fingerprint density at radius 1 is 0.765 bits per heavy atom. The van der Waals surface area contributed by atoms with Crippen LogP contribution < -0.4 is 0 Å². The van der Waals surface area contributed by atoms with Crippen LogP contribution in [0.2, 0.25) is 0 Å². The molecule has 0 aromatic heterocycles. The molecule has 0 radical (unpaired) electrons. The summed E-state index contributed by atoms with van der Waals surface area (Å²) in [5, 5.41) is 9.49. The van der Waals surface area contributed by atoms with Crippen LogP contribution >= 0.6 is 26.3 Å². The van der Waals surface area contributed by atoms with Crippen LogP contribution in [0.3, 0.4) is 0 Å². The van der Waals surface area contributed by atoms with Gasteiger partial charge in [-0.15, -0.1) is 0 Å². The molecular formula is C14H32IOP. The van der Waals surface area contributed by atoms with Crippen LogP contribution in [0.25, 0.3) is 0 Å². The number of aliphatic hydroxyl groups is 1. The molecule has 0 amide bonds. The van der Waals surface area contributed by atoms with E-state index in [0.29, 0.717) is 6.61 Å². The fraction of sp³-hybridized carbons (Fsp3) is 1.00. The first-order valence-corrected chi connectivity index (χ1v) is 13.1. The molecule has 0 rings (SSSR count). The van der Waals surface area contributed by atoms with E-state index in [1.165, 1.54) is 57.0 Å². The molecule has 0 bridgehead atoms. The Labute approximate surface area is 122 Å². The van der Waals surface area contributed by atoms with Gasteiger partial charge in [0.1, 0.15) is 0 Å². The van der Waals surface area contributed by atoms with Crippen molar-refractivity contribution in [2.45, 2.75) is 59.3 Å². The van der Waals surface area contributed by atoms with Crippen molar-refractivity contribution < 1.29 is 5.11 Å². The molecule has 0 unspecified atom stereocenters. The van der Waals surface area contributed by atoms with Gasteiger partial charge < -0.3 is 0 Å². The van der Waals surface area contributed by atoms with E-state index in [1.54, 1.807) is 0 Å². The van der Waals surface area contributed by atoms with Crippen molar-refractivity contribution in [2.75, 3.05) is 31.3 Å². The molecule has 0 spiro atoms. The molecule has 0 aliphatic carbocycles. The number of unbranched alkanes of at least 4 members (excludes halogenated alkanes) is 3. The molecule has 0 aromatic rings. The number of hydrogen-bond donors (Lipinski definition) is 1. The number of hydrogen-bond acceptors (Lipinski definition) is 1. The third-order valence-corrected chi connectivity index (χ3v) is 15.3. The summed E-state index contributed by atoms with van der Waals surface area (Å²) < 4.78 is -1.62. The molecule has 0 aliphatic rings. The van der Waals surface area contributed by atoms with Crippen molar-refractivity contribution in [1.29, 1.82) is 0 Å². The van der Waals surface area contributed by atoms with Crippen LogP contribution in [0.15, 0.2) is 0 Å². The zero-order valence-corrected chi connectivity index (χ0v) is 15.1. The molecule has 0 saturated carbocycles. The number of rotatable bonds is 11. The maximum absolute atomic E-state index is 9.49. The Morgan fingerprint density at radius 2 is 1.12 bits per heavy atom. The van der Waals surface area contributed by atoms with Crippen LogP contribution in [0.4, 0.5) is 0 Å². The zero-order chi connectivity index (χ0) is 13.2. The minimum absolute atomic E-state index is 0.401. The predicted molar refractivity (Wildman–Crippen MR) is 92.2 cm³/mol. The average Bonchev–Trinajstić information content (AvgIpc) is 2.33. The average molecular weight is 374 g/mol. The van der Waals surface area contributed by atoms with E-state index in [9.17, 15) is 5.11 Å². The molecule has 106 valence electrons. The van der Waals surface area contributed by atoms with Crippen molar-refractivity contribution in [3.8, 4) is 0 Å². The second kappa shape index (κ2) is 9.09. The molecule has 0 aliphatic heterocycles. The Kier molecular flexibility index (Phi) is 9.69. The summed E-state index contributed by atoms with van der Waals surface area (Å²) in [5.74, 6) is 0. The van der Waals surface area contributed by atoms with Crippen LogP contribution in [0, 0.1) is 0 Å². The number of aliphatic hydroxyl groups excluding tert-OH is 1. The fourth-order valence-corrected chi connectivity index (χ4v) is 11.5. The van der Waals surface area contributed by atoms with E-state index >= 15 is 0 Å². The third-order valence-electron chi connectivity index (χ3n) is 3.87. The van der Waals surface area contributed by atoms with Crippen LogP contribution in [0.1, 0.15) is 59.3 Å². The van der Waals surface area contributed by atoms with Crippen molar-refractivity contribution in [3.63, 3.8) is 0 Å². The first kappa shape index (κ1) is 18.1. The summed E-state index contributed by atoms with van der Waals surface area (Å²) in [5.41, 5.74) is 0. The summed E-state index contributed by atoms with van der Waals surface area (Å²) in [7, 11) is 0. The summed E-state index contributed by atoms with van der Waals surface area (Å²) >= 11 is 2.85. The monoisotopic (exact) mass is 374 g/mol. The Balaban J connectivity index is 4.76. The predicted octanol–water partition coefficient (Wildman–Crippen LogP) is 5.28. The molecule has 0 aromatic carbocycles. The van der Waals surface area contributed by atoms with Gasteiger partial charge in [0.2, 0.25) is 0 Å². The van der Waals surface area contributed by atoms with Crippen LogP contribution in [-0.2, 0) is 0 Å². The van der Waals surface area contributed by atoms with E-state index < -0.39 is 4.25 Å². The molecule has 1 N–H and O–H groups in total. The first-order chi connectivity index (χ1) is 8.04. The van der Waals surface area contributed by atoms with Crippen molar-refractivity contribution in [2.24, 2.45) is 0 Å². The Hall–Kier alpha value is 1.12. The summed E-state index contributed by atoms with van der Waals surface area (Å²) in [6, 6.07) is 0. The molecule has 0 fully saturated rings. The maximum atomic E-state index is 9.49. The molecule has 0 atom stereocenters.